The zero-order valence-corrected chi connectivity index (χ0v) is 14.8. The Hall–Kier alpha value is -0.700. The van der Waals surface area contributed by atoms with Gasteiger partial charge >= 0.3 is 0 Å². The molecule has 120 valence electrons. The van der Waals surface area contributed by atoms with Crippen LogP contribution in [0.2, 0.25) is 0 Å². The first-order valence-electron chi connectivity index (χ1n) is 7.70. The molecule has 1 unspecified atom stereocenters. The van der Waals surface area contributed by atoms with Gasteiger partial charge in [0.05, 0.1) is 0 Å². The molecule has 0 heterocycles. The van der Waals surface area contributed by atoms with E-state index in [2.05, 4.69) is 32.6 Å². The maximum atomic E-state index is 11.2. The summed E-state index contributed by atoms with van der Waals surface area (Å²) in [6, 6.07) is 0. The molecule has 1 atom stereocenters. The topological polar surface area (TPSA) is 37.4 Å². The number of hydrogen-bond acceptors (Lipinski definition) is 3. The summed E-state index contributed by atoms with van der Waals surface area (Å²) in [6.45, 7) is 12.8. The van der Waals surface area contributed by atoms with Crippen LogP contribution in [0.5, 0.6) is 0 Å². The number of rotatable bonds is 8. The molecule has 0 saturated carbocycles. The Morgan fingerprint density at radius 1 is 0.950 bits per heavy atom. The first-order valence-corrected chi connectivity index (χ1v) is 7.70. The SMILES string of the molecule is CC(=O)C(CC(C)C)CN(C)C.CC(=O)CCC(C)C. The Labute approximate surface area is 126 Å². The molecule has 0 aliphatic rings. The van der Waals surface area contributed by atoms with Crippen LogP contribution >= 0.6 is 0 Å². The second-order valence-corrected chi connectivity index (χ2v) is 6.83. The van der Waals surface area contributed by atoms with Crippen LogP contribution in [0.4, 0.5) is 0 Å². The highest BCUT2D eigenvalue weighted by atomic mass is 16.1. The molecule has 0 amide bonds. The quantitative estimate of drug-likeness (QED) is 0.680. The number of Topliss-reactive ketones (excluding diaryl/α,β-unsaturated/α-hetero) is 2. The summed E-state index contributed by atoms with van der Waals surface area (Å²) in [6.07, 6.45) is 2.79. The third-order valence-corrected chi connectivity index (χ3v) is 2.99. The Morgan fingerprint density at radius 2 is 1.45 bits per heavy atom. The largest absolute Gasteiger partial charge is 0.309 e. The van der Waals surface area contributed by atoms with E-state index in [1.165, 1.54) is 0 Å². The third-order valence-electron chi connectivity index (χ3n) is 2.99. The highest BCUT2D eigenvalue weighted by molar-refractivity contribution is 5.78. The zero-order chi connectivity index (χ0) is 16.3. The molecule has 0 aliphatic heterocycles. The van der Waals surface area contributed by atoms with E-state index in [1.807, 2.05) is 14.1 Å². The molecule has 3 nitrogen and oxygen atoms in total. The molecule has 3 heteroatoms. The number of nitrogens with zero attached hydrogens (tertiary/aromatic N) is 1. The summed E-state index contributed by atoms with van der Waals surface area (Å²) < 4.78 is 0. The maximum absolute atomic E-state index is 11.2. The molecule has 0 aromatic heterocycles. The smallest absolute Gasteiger partial charge is 0.134 e. The van der Waals surface area contributed by atoms with E-state index < -0.39 is 0 Å². The second kappa shape index (κ2) is 12.1. The van der Waals surface area contributed by atoms with Crippen molar-refractivity contribution in [2.45, 2.75) is 60.8 Å². The van der Waals surface area contributed by atoms with Gasteiger partial charge in [-0.15, -0.1) is 0 Å². The van der Waals surface area contributed by atoms with Crippen molar-refractivity contribution in [3.63, 3.8) is 0 Å². The van der Waals surface area contributed by atoms with Crippen LogP contribution in [0.1, 0.15) is 60.8 Å². The van der Waals surface area contributed by atoms with E-state index in [0.717, 1.165) is 25.8 Å². The van der Waals surface area contributed by atoms with Crippen molar-refractivity contribution < 1.29 is 9.59 Å². The fourth-order valence-corrected chi connectivity index (χ4v) is 1.87. The zero-order valence-electron chi connectivity index (χ0n) is 14.8. The van der Waals surface area contributed by atoms with E-state index in [9.17, 15) is 9.59 Å². The molecule has 0 aromatic carbocycles. The van der Waals surface area contributed by atoms with Gasteiger partial charge in [-0.3, -0.25) is 4.79 Å². The van der Waals surface area contributed by atoms with Gasteiger partial charge in [0.2, 0.25) is 0 Å². The molecule has 20 heavy (non-hydrogen) atoms. The highest BCUT2D eigenvalue weighted by Gasteiger charge is 2.16. The Kier molecular flexibility index (Phi) is 13.0. The van der Waals surface area contributed by atoms with E-state index in [-0.39, 0.29) is 5.92 Å². The summed E-state index contributed by atoms with van der Waals surface area (Å²) in [7, 11) is 4.02. The fourth-order valence-electron chi connectivity index (χ4n) is 1.87. The normalized spacial score (nSPS) is 12.3. The molecule has 0 aliphatic carbocycles. The maximum Gasteiger partial charge on any atom is 0.134 e. The van der Waals surface area contributed by atoms with E-state index in [0.29, 0.717) is 23.4 Å². The van der Waals surface area contributed by atoms with Crippen LogP contribution in [0.25, 0.3) is 0 Å². The minimum absolute atomic E-state index is 0.222. The molecule has 0 radical (unpaired) electrons. The lowest BCUT2D eigenvalue weighted by atomic mass is 9.93. The van der Waals surface area contributed by atoms with Crippen molar-refractivity contribution in [1.82, 2.24) is 4.90 Å². The van der Waals surface area contributed by atoms with Crippen molar-refractivity contribution >= 4 is 11.6 Å². The monoisotopic (exact) mass is 285 g/mol. The molecule has 0 N–H and O–H groups in total. The fraction of sp³-hybridized carbons (Fsp3) is 0.882. The van der Waals surface area contributed by atoms with Gasteiger partial charge in [-0.25, -0.2) is 0 Å². The number of ketones is 2. The van der Waals surface area contributed by atoms with E-state index in [1.54, 1.807) is 13.8 Å². The molecule has 0 fully saturated rings. The minimum Gasteiger partial charge on any atom is -0.309 e. The van der Waals surface area contributed by atoms with Crippen molar-refractivity contribution in [2.24, 2.45) is 17.8 Å². The van der Waals surface area contributed by atoms with Crippen molar-refractivity contribution in [3.05, 3.63) is 0 Å². The Bertz CT molecular complexity index is 260. The van der Waals surface area contributed by atoms with Crippen molar-refractivity contribution in [1.29, 1.82) is 0 Å². The van der Waals surface area contributed by atoms with Crippen LogP contribution in [-0.2, 0) is 9.59 Å². The van der Waals surface area contributed by atoms with Gasteiger partial charge < -0.3 is 9.69 Å². The van der Waals surface area contributed by atoms with E-state index in [4.69, 9.17) is 0 Å². The lowest BCUT2D eigenvalue weighted by molar-refractivity contribution is -0.121. The summed E-state index contributed by atoms with van der Waals surface area (Å²) in [5, 5.41) is 0. The Balaban J connectivity index is 0. The van der Waals surface area contributed by atoms with Gasteiger partial charge in [-0.2, -0.15) is 0 Å². The molecule has 0 aromatic rings. The minimum atomic E-state index is 0.222. The second-order valence-electron chi connectivity index (χ2n) is 6.83. The lowest BCUT2D eigenvalue weighted by Crippen LogP contribution is -2.27. The van der Waals surface area contributed by atoms with Gasteiger partial charge in [0.1, 0.15) is 11.6 Å². The molecular weight excluding hydrogens is 250 g/mol. The predicted octanol–water partition coefficient (Wildman–Crippen LogP) is 3.81. The van der Waals surface area contributed by atoms with Crippen LogP contribution in [0, 0.1) is 17.8 Å². The van der Waals surface area contributed by atoms with Gasteiger partial charge in [0.25, 0.3) is 0 Å². The lowest BCUT2D eigenvalue weighted by Gasteiger charge is -2.19. The van der Waals surface area contributed by atoms with Crippen LogP contribution in [0.15, 0.2) is 0 Å². The number of hydrogen-bond donors (Lipinski definition) is 0. The van der Waals surface area contributed by atoms with Gasteiger partial charge in [0.15, 0.2) is 0 Å². The summed E-state index contributed by atoms with van der Waals surface area (Å²) in [5.74, 6) is 2.12. The average molecular weight is 285 g/mol. The van der Waals surface area contributed by atoms with Crippen LogP contribution in [0.3, 0.4) is 0 Å². The molecule has 0 saturated heterocycles. The first kappa shape index (κ1) is 21.6. The summed E-state index contributed by atoms with van der Waals surface area (Å²) in [4.78, 5) is 23.6. The third kappa shape index (κ3) is 17.3. The molecule has 0 rings (SSSR count). The summed E-state index contributed by atoms with van der Waals surface area (Å²) >= 11 is 0. The average Bonchev–Trinajstić information content (AvgIpc) is 2.25. The van der Waals surface area contributed by atoms with Crippen molar-refractivity contribution in [2.75, 3.05) is 20.6 Å². The van der Waals surface area contributed by atoms with Crippen molar-refractivity contribution in [3.8, 4) is 0 Å². The van der Waals surface area contributed by atoms with Gasteiger partial charge in [-0.05, 0) is 52.6 Å². The van der Waals surface area contributed by atoms with Crippen LogP contribution in [-0.4, -0.2) is 37.1 Å². The first-order chi connectivity index (χ1) is 9.06. The standard InChI is InChI=1S/C10H21NO.C7H14O/c1-8(2)6-10(9(3)12)7-11(4)5;1-6(2)4-5-7(3)8/h8,10H,6-7H2,1-5H3;6H,4-5H2,1-3H3. The Morgan fingerprint density at radius 3 is 1.65 bits per heavy atom. The highest BCUT2D eigenvalue weighted by Crippen LogP contribution is 2.13. The predicted molar refractivity (Wildman–Crippen MR) is 86.9 cm³/mol. The molecule has 0 bridgehead atoms. The van der Waals surface area contributed by atoms with E-state index >= 15 is 0 Å². The number of carbonyl (C=O) groups excluding carboxylic acids is 2. The van der Waals surface area contributed by atoms with Gasteiger partial charge in [0, 0.05) is 18.9 Å². The van der Waals surface area contributed by atoms with Gasteiger partial charge in [-0.1, -0.05) is 27.7 Å². The van der Waals surface area contributed by atoms with Crippen LogP contribution < -0.4 is 0 Å². The molecule has 0 spiro atoms. The molecular formula is C17H35NO2. The number of carbonyl (C=O) groups is 2. The summed E-state index contributed by atoms with van der Waals surface area (Å²) in [5.41, 5.74) is 0.